The Bertz CT molecular complexity index is 878. The van der Waals surface area contributed by atoms with E-state index in [4.69, 9.17) is 30.5 Å². The maximum Gasteiger partial charge on any atom is 0.339 e. The molecular formula is C21H26ClNO8. The number of rotatable bonds is 9. The molecule has 1 aromatic rings. The minimum Gasteiger partial charge on any atom is -0.466 e. The molecule has 1 heterocycles. The third kappa shape index (κ3) is 4.76. The van der Waals surface area contributed by atoms with Crippen LogP contribution in [0.25, 0.3) is 0 Å². The van der Waals surface area contributed by atoms with Gasteiger partial charge in [0.25, 0.3) is 0 Å². The number of esters is 2. The zero-order valence-electron chi connectivity index (χ0n) is 17.8. The lowest BCUT2D eigenvalue weighted by Crippen LogP contribution is -2.47. The molecule has 0 spiro atoms. The second-order valence-electron chi connectivity index (χ2n) is 6.29. The quantitative estimate of drug-likeness (QED) is 0.428. The number of hydrogen-bond donors (Lipinski definition) is 2. The number of nitrogens with zero attached hydrogens (tertiary/aromatic N) is 1. The number of aliphatic hydroxyl groups is 1. The first kappa shape index (κ1) is 24.8. The molecule has 1 unspecified atom stereocenters. The van der Waals surface area contributed by atoms with Gasteiger partial charge in [-0.05, 0) is 26.8 Å². The highest BCUT2D eigenvalue weighted by molar-refractivity contribution is 6.31. The van der Waals surface area contributed by atoms with E-state index in [0.29, 0.717) is 5.06 Å². The Morgan fingerprint density at radius 3 is 2.23 bits per heavy atom. The summed E-state index contributed by atoms with van der Waals surface area (Å²) in [5, 5.41) is 23.2. The van der Waals surface area contributed by atoms with Crippen LogP contribution in [-0.2, 0) is 34.1 Å². The summed E-state index contributed by atoms with van der Waals surface area (Å²) in [6.45, 7) is 5.25. The third-order valence-electron chi connectivity index (χ3n) is 4.51. The summed E-state index contributed by atoms with van der Waals surface area (Å²) >= 11 is 6.34. The van der Waals surface area contributed by atoms with Crippen LogP contribution in [0.2, 0.25) is 5.02 Å². The van der Waals surface area contributed by atoms with E-state index in [0.717, 1.165) is 13.3 Å². The average Bonchev–Trinajstić information content (AvgIpc) is 2.74. The fourth-order valence-corrected chi connectivity index (χ4v) is 3.53. The standard InChI is InChI=1S/C21H26ClNO8/c1-5-29-19(25)16-17(20(30-6-2)31-7-3)23(27)12-14(18(24)28-4)21(16,26)13-10-8-9-11-15(13)22/h8-12,20,26-27H,5-7H2,1-4H3. The number of carbonyl (C=O) groups excluding carboxylic acids is 2. The van der Waals surface area contributed by atoms with Gasteiger partial charge in [-0.25, -0.2) is 14.7 Å². The van der Waals surface area contributed by atoms with Gasteiger partial charge >= 0.3 is 11.9 Å². The van der Waals surface area contributed by atoms with Crippen LogP contribution in [0.4, 0.5) is 0 Å². The van der Waals surface area contributed by atoms with Crippen molar-refractivity contribution in [1.29, 1.82) is 0 Å². The Kier molecular flexibility index (Phi) is 8.60. The van der Waals surface area contributed by atoms with Gasteiger partial charge < -0.3 is 24.1 Å². The number of hydrogen-bond acceptors (Lipinski definition) is 9. The molecule has 10 heteroatoms. The van der Waals surface area contributed by atoms with Crippen LogP contribution in [0.1, 0.15) is 26.3 Å². The van der Waals surface area contributed by atoms with E-state index >= 15 is 0 Å². The Morgan fingerprint density at radius 1 is 1.10 bits per heavy atom. The summed E-state index contributed by atoms with van der Waals surface area (Å²) in [7, 11) is 1.10. The Labute approximate surface area is 185 Å². The normalized spacial score (nSPS) is 18.8. The monoisotopic (exact) mass is 455 g/mol. The number of ether oxygens (including phenoxy) is 4. The average molecular weight is 456 g/mol. The summed E-state index contributed by atoms with van der Waals surface area (Å²) < 4.78 is 21.1. The van der Waals surface area contributed by atoms with Crippen LogP contribution >= 0.6 is 11.6 Å². The van der Waals surface area contributed by atoms with Gasteiger partial charge in [0, 0.05) is 30.0 Å². The number of hydroxylamine groups is 2. The molecule has 0 amide bonds. The van der Waals surface area contributed by atoms with Crippen molar-refractivity contribution in [2.24, 2.45) is 0 Å². The zero-order valence-corrected chi connectivity index (χ0v) is 18.5. The summed E-state index contributed by atoms with van der Waals surface area (Å²) in [6, 6.07) is 6.12. The van der Waals surface area contributed by atoms with Crippen molar-refractivity contribution in [2.75, 3.05) is 26.9 Å². The Hall–Kier alpha value is -2.43. The number of halogens is 1. The van der Waals surface area contributed by atoms with E-state index in [1.165, 1.54) is 12.1 Å². The van der Waals surface area contributed by atoms with Gasteiger partial charge in [-0.2, -0.15) is 0 Å². The van der Waals surface area contributed by atoms with Gasteiger partial charge in [0.2, 0.25) is 6.29 Å². The smallest absolute Gasteiger partial charge is 0.339 e. The van der Waals surface area contributed by atoms with Crippen LogP contribution < -0.4 is 0 Å². The first-order valence-electron chi connectivity index (χ1n) is 9.68. The fourth-order valence-electron chi connectivity index (χ4n) is 3.25. The topological polar surface area (TPSA) is 115 Å². The molecule has 31 heavy (non-hydrogen) atoms. The molecule has 1 aliphatic rings. The third-order valence-corrected chi connectivity index (χ3v) is 4.84. The predicted molar refractivity (Wildman–Crippen MR) is 110 cm³/mol. The minimum absolute atomic E-state index is 0.00807. The molecule has 0 radical (unpaired) electrons. The number of methoxy groups -OCH3 is 1. The van der Waals surface area contributed by atoms with Crippen LogP contribution in [0.5, 0.6) is 0 Å². The van der Waals surface area contributed by atoms with Crippen molar-refractivity contribution in [3.63, 3.8) is 0 Å². The van der Waals surface area contributed by atoms with Crippen molar-refractivity contribution in [1.82, 2.24) is 5.06 Å². The lowest BCUT2D eigenvalue weighted by molar-refractivity contribution is -0.162. The molecule has 1 aliphatic heterocycles. The number of benzene rings is 1. The maximum absolute atomic E-state index is 13.1. The molecular weight excluding hydrogens is 430 g/mol. The first-order valence-corrected chi connectivity index (χ1v) is 10.1. The van der Waals surface area contributed by atoms with Crippen molar-refractivity contribution in [3.05, 3.63) is 57.9 Å². The van der Waals surface area contributed by atoms with Gasteiger partial charge in [0.1, 0.15) is 11.3 Å². The van der Waals surface area contributed by atoms with Crippen molar-refractivity contribution in [3.8, 4) is 0 Å². The molecule has 0 saturated carbocycles. The zero-order chi connectivity index (χ0) is 23.2. The van der Waals surface area contributed by atoms with Gasteiger partial charge in [0.15, 0.2) is 5.60 Å². The SMILES string of the molecule is CCOC(=O)C1=C(C(OCC)OCC)N(O)C=C(C(=O)OC)C1(O)c1ccccc1Cl. The molecule has 1 atom stereocenters. The van der Waals surface area contributed by atoms with E-state index in [9.17, 15) is 19.9 Å². The van der Waals surface area contributed by atoms with Crippen LogP contribution in [-0.4, -0.2) is 60.5 Å². The maximum atomic E-state index is 13.1. The first-order chi connectivity index (χ1) is 14.8. The van der Waals surface area contributed by atoms with Crippen LogP contribution in [0, 0.1) is 0 Å². The Balaban J connectivity index is 2.94. The lowest BCUT2D eigenvalue weighted by Gasteiger charge is -2.40. The molecule has 0 fully saturated rings. The fraction of sp³-hybridized carbons (Fsp3) is 0.429. The summed E-state index contributed by atoms with van der Waals surface area (Å²) in [6.07, 6.45) is -0.331. The van der Waals surface area contributed by atoms with Crippen LogP contribution in [0.15, 0.2) is 47.3 Å². The molecule has 9 nitrogen and oxygen atoms in total. The van der Waals surface area contributed by atoms with Crippen molar-refractivity contribution < 1.29 is 38.9 Å². The molecule has 2 rings (SSSR count). The van der Waals surface area contributed by atoms with E-state index < -0.39 is 35.0 Å². The molecule has 2 N–H and O–H groups in total. The lowest BCUT2D eigenvalue weighted by atomic mass is 9.77. The highest BCUT2D eigenvalue weighted by Gasteiger charge is 2.53. The Morgan fingerprint density at radius 2 is 1.71 bits per heavy atom. The highest BCUT2D eigenvalue weighted by atomic mass is 35.5. The molecule has 0 aliphatic carbocycles. The predicted octanol–water partition coefficient (Wildman–Crippen LogP) is 2.51. The second kappa shape index (κ2) is 10.7. The van der Waals surface area contributed by atoms with E-state index in [2.05, 4.69) is 0 Å². The van der Waals surface area contributed by atoms with Gasteiger partial charge in [-0.3, -0.25) is 5.21 Å². The minimum atomic E-state index is -2.43. The summed E-state index contributed by atoms with van der Waals surface area (Å²) in [5.74, 6) is -2.00. The van der Waals surface area contributed by atoms with Crippen molar-refractivity contribution in [2.45, 2.75) is 32.7 Å². The number of carbonyl (C=O) groups is 2. The molecule has 0 saturated heterocycles. The van der Waals surface area contributed by atoms with E-state index in [1.54, 1.807) is 32.9 Å². The highest BCUT2D eigenvalue weighted by Crippen LogP contribution is 2.46. The largest absolute Gasteiger partial charge is 0.466 e. The van der Waals surface area contributed by atoms with Gasteiger partial charge in [0.05, 0.1) is 19.3 Å². The summed E-state index contributed by atoms with van der Waals surface area (Å²) in [4.78, 5) is 25.7. The van der Waals surface area contributed by atoms with E-state index in [1.807, 2.05) is 0 Å². The van der Waals surface area contributed by atoms with Crippen molar-refractivity contribution >= 4 is 23.5 Å². The molecule has 0 aromatic heterocycles. The molecule has 1 aromatic carbocycles. The molecule has 170 valence electrons. The second-order valence-corrected chi connectivity index (χ2v) is 6.70. The summed E-state index contributed by atoms with van der Waals surface area (Å²) in [5.41, 5.74) is -3.62. The molecule has 0 bridgehead atoms. The van der Waals surface area contributed by atoms with Crippen LogP contribution in [0.3, 0.4) is 0 Å². The van der Waals surface area contributed by atoms with Gasteiger partial charge in [-0.15, -0.1) is 0 Å². The van der Waals surface area contributed by atoms with E-state index in [-0.39, 0.29) is 36.1 Å². The van der Waals surface area contributed by atoms with Gasteiger partial charge in [-0.1, -0.05) is 29.8 Å².